The van der Waals surface area contributed by atoms with Crippen molar-refractivity contribution < 1.29 is 22.7 Å². The van der Waals surface area contributed by atoms with E-state index in [4.69, 9.17) is 0 Å². The topological polar surface area (TPSA) is 120 Å². The molecule has 3 aromatic rings. The van der Waals surface area contributed by atoms with Gasteiger partial charge in [-0.1, -0.05) is 29.5 Å². The van der Waals surface area contributed by atoms with E-state index in [1.807, 2.05) is 13.8 Å². The molecule has 33 heavy (non-hydrogen) atoms. The summed E-state index contributed by atoms with van der Waals surface area (Å²) in [4.78, 5) is 24.0. The second-order valence-electron chi connectivity index (χ2n) is 7.12. The minimum absolute atomic E-state index is 0.0571. The molecular formula is C22H24N4O5S2. The lowest BCUT2D eigenvalue weighted by Crippen LogP contribution is -2.15. The van der Waals surface area contributed by atoms with Crippen molar-refractivity contribution in [3.05, 3.63) is 65.5 Å². The van der Waals surface area contributed by atoms with Crippen molar-refractivity contribution in [1.82, 2.24) is 14.8 Å². The van der Waals surface area contributed by atoms with Crippen LogP contribution in [0, 0.1) is 6.92 Å². The molecule has 0 spiro atoms. The molecule has 0 unspecified atom stereocenters. The monoisotopic (exact) mass is 488 g/mol. The molecule has 0 aliphatic rings. The highest BCUT2D eigenvalue weighted by Gasteiger charge is 2.21. The molecule has 9 nitrogen and oxygen atoms in total. The van der Waals surface area contributed by atoms with Crippen LogP contribution in [0.4, 0.5) is 5.69 Å². The number of amides is 1. The average molecular weight is 489 g/mol. The second kappa shape index (κ2) is 10.6. The van der Waals surface area contributed by atoms with E-state index in [0.717, 1.165) is 17.3 Å². The van der Waals surface area contributed by atoms with Crippen LogP contribution < -0.4 is 5.32 Å². The van der Waals surface area contributed by atoms with Gasteiger partial charge in [-0.05, 0) is 50.2 Å². The number of benzene rings is 2. The molecule has 0 aliphatic heterocycles. The predicted molar refractivity (Wildman–Crippen MR) is 125 cm³/mol. The molecule has 1 amide bonds. The number of methoxy groups -OCH3 is 1. The van der Waals surface area contributed by atoms with E-state index in [1.54, 1.807) is 53.1 Å². The number of thioether (sulfide) groups is 1. The summed E-state index contributed by atoms with van der Waals surface area (Å²) < 4.78 is 31.9. The van der Waals surface area contributed by atoms with Crippen molar-refractivity contribution in [2.75, 3.05) is 18.2 Å². The number of carbonyl (C=O) groups is 2. The van der Waals surface area contributed by atoms with Gasteiger partial charge in [-0.2, -0.15) is 0 Å². The van der Waals surface area contributed by atoms with Gasteiger partial charge in [-0.3, -0.25) is 4.79 Å². The Morgan fingerprint density at radius 3 is 2.33 bits per heavy atom. The first kappa shape index (κ1) is 24.5. The lowest BCUT2D eigenvalue weighted by Gasteiger charge is -2.09. The zero-order valence-electron chi connectivity index (χ0n) is 18.4. The fraction of sp³-hybridized carbons (Fsp3) is 0.273. The highest BCUT2D eigenvalue weighted by atomic mass is 32.2. The van der Waals surface area contributed by atoms with Crippen molar-refractivity contribution in [2.24, 2.45) is 0 Å². The van der Waals surface area contributed by atoms with Crippen LogP contribution in [0.5, 0.6) is 0 Å². The Morgan fingerprint density at radius 2 is 1.73 bits per heavy atom. The second-order valence-corrected chi connectivity index (χ2v) is 10.1. The van der Waals surface area contributed by atoms with Gasteiger partial charge in [0, 0.05) is 12.2 Å². The van der Waals surface area contributed by atoms with Crippen LogP contribution in [0.3, 0.4) is 0 Å². The fourth-order valence-electron chi connectivity index (χ4n) is 2.98. The lowest BCUT2D eigenvalue weighted by molar-refractivity contribution is -0.113. The number of esters is 1. The molecule has 0 saturated heterocycles. The van der Waals surface area contributed by atoms with Gasteiger partial charge in [0.2, 0.25) is 5.91 Å². The fourth-order valence-corrected chi connectivity index (χ4v) is 5.08. The van der Waals surface area contributed by atoms with E-state index in [1.165, 1.54) is 7.11 Å². The minimum atomic E-state index is -3.58. The SMILES string of the molecule is CCn1c(CS(=O)(=O)c2ccc(C)cc2)nnc1SCC(=O)Nc1ccc(C(=O)OC)cc1. The zero-order chi connectivity index (χ0) is 24.0. The highest BCUT2D eigenvalue weighted by molar-refractivity contribution is 7.99. The Balaban J connectivity index is 1.63. The van der Waals surface area contributed by atoms with Crippen LogP contribution in [0.25, 0.3) is 0 Å². The summed E-state index contributed by atoms with van der Waals surface area (Å²) in [6, 6.07) is 13.0. The molecule has 1 heterocycles. The van der Waals surface area contributed by atoms with E-state index >= 15 is 0 Å². The Kier molecular flexibility index (Phi) is 7.88. The van der Waals surface area contributed by atoms with Crippen molar-refractivity contribution in [3.8, 4) is 0 Å². The first-order chi connectivity index (χ1) is 15.7. The zero-order valence-corrected chi connectivity index (χ0v) is 20.1. The average Bonchev–Trinajstić information content (AvgIpc) is 3.18. The van der Waals surface area contributed by atoms with Gasteiger partial charge < -0.3 is 14.6 Å². The molecule has 11 heteroatoms. The van der Waals surface area contributed by atoms with Crippen molar-refractivity contribution in [2.45, 2.75) is 36.2 Å². The number of hydrogen-bond donors (Lipinski definition) is 1. The van der Waals surface area contributed by atoms with E-state index in [0.29, 0.717) is 28.8 Å². The van der Waals surface area contributed by atoms with Crippen LogP contribution in [0.15, 0.2) is 58.6 Å². The van der Waals surface area contributed by atoms with Crippen LogP contribution in [-0.4, -0.2) is 47.9 Å². The smallest absolute Gasteiger partial charge is 0.337 e. The summed E-state index contributed by atoms with van der Waals surface area (Å²) in [5, 5.41) is 11.3. The summed E-state index contributed by atoms with van der Waals surface area (Å²) in [7, 11) is -2.28. The lowest BCUT2D eigenvalue weighted by atomic mass is 10.2. The Bertz CT molecular complexity index is 1240. The number of aromatic nitrogens is 3. The van der Waals surface area contributed by atoms with E-state index in [9.17, 15) is 18.0 Å². The highest BCUT2D eigenvalue weighted by Crippen LogP contribution is 2.21. The Morgan fingerprint density at radius 1 is 1.06 bits per heavy atom. The number of nitrogens with zero attached hydrogens (tertiary/aromatic N) is 3. The largest absolute Gasteiger partial charge is 0.465 e. The number of rotatable bonds is 9. The number of sulfone groups is 1. The number of carbonyl (C=O) groups excluding carboxylic acids is 2. The number of nitrogens with one attached hydrogen (secondary N) is 1. The minimum Gasteiger partial charge on any atom is -0.465 e. The van der Waals surface area contributed by atoms with Gasteiger partial charge in [0.25, 0.3) is 0 Å². The normalized spacial score (nSPS) is 11.2. The first-order valence-electron chi connectivity index (χ1n) is 10.1. The Labute approximate surface area is 196 Å². The van der Waals surface area contributed by atoms with E-state index in [-0.39, 0.29) is 22.3 Å². The third-order valence-corrected chi connectivity index (χ3v) is 7.33. The standard InChI is InChI=1S/C22H24N4O5S2/c1-4-26-19(14-33(29,30)18-11-5-15(2)6-12-18)24-25-22(26)32-13-20(27)23-17-9-7-16(8-10-17)21(28)31-3/h5-12H,4,13-14H2,1-3H3,(H,23,27). The van der Waals surface area contributed by atoms with Crippen molar-refractivity contribution in [1.29, 1.82) is 0 Å². The molecule has 0 atom stereocenters. The molecule has 1 N–H and O–H groups in total. The van der Waals surface area contributed by atoms with Gasteiger partial charge in [0.15, 0.2) is 15.0 Å². The van der Waals surface area contributed by atoms with Crippen molar-refractivity contribution >= 4 is 39.2 Å². The van der Waals surface area contributed by atoms with Gasteiger partial charge in [0.1, 0.15) is 11.6 Å². The maximum absolute atomic E-state index is 12.8. The number of aryl methyl sites for hydroxylation is 1. The third-order valence-electron chi connectivity index (χ3n) is 4.73. The molecule has 2 aromatic carbocycles. The Hall–Kier alpha value is -3.18. The molecule has 0 aliphatic carbocycles. The van der Waals surface area contributed by atoms with Crippen LogP contribution in [0.1, 0.15) is 28.7 Å². The molecule has 0 bridgehead atoms. The van der Waals surface area contributed by atoms with Gasteiger partial charge in [-0.25, -0.2) is 13.2 Å². The maximum Gasteiger partial charge on any atom is 0.337 e. The van der Waals surface area contributed by atoms with Crippen molar-refractivity contribution in [3.63, 3.8) is 0 Å². The molecule has 3 rings (SSSR count). The number of anilines is 1. The molecule has 0 radical (unpaired) electrons. The van der Waals surface area contributed by atoms with Crippen LogP contribution >= 0.6 is 11.8 Å². The summed E-state index contributed by atoms with van der Waals surface area (Å²) in [5.41, 5.74) is 1.89. The summed E-state index contributed by atoms with van der Waals surface area (Å²) in [6.45, 7) is 4.21. The number of ether oxygens (including phenoxy) is 1. The van der Waals surface area contributed by atoms with Crippen LogP contribution in [0.2, 0.25) is 0 Å². The summed E-state index contributed by atoms with van der Waals surface area (Å²) >= 11 is 1.16. The third kappa shape index (κ3) is 6.20. The predicted octanol–water partition coefficient (Wildman–Crippen LogP) is 3.10. The summed E-state index contributed by atoms with van der Waals surface area (Å²) in [5.74, 6) is -0.634. The van der Waals surface area contributed by atoms with Gasteiger partial charge in [-0.15, -0.1) is 10.2 Å². The van der Waals surface area contributed by atoms with Gasteiger partial charge in [0.05, 0.1) is 23.3 Å². The van der Waals surface area contributed by atoms with Crippen LogP contribution in [-0.2, 0) is 31.7 Å². The van der Waals surface area contributed by atoms with Gasteiger partial charge >= 0.3 is 5.97 Å². The molecule has 0 fully saturated rings. The molecule has 174 valence electrons. The number of hydrogen-bond acceptors (Lipinski definition) is 8. The van der Waals surface area contributed by atoms with E-state index in [2.05, 4.69) is 20.3 Å². The van der Waals surface area contributed by atoms with E-state index < -0.39 is 15.8 Å². The molecule has 0 saturated carbocycles. The quantitative estimate of drug-likeness (QED) is 0.360. The maximum atomic E-state index is 12.8. The summed E-state index contributed by atoms with van der Waals surface area (Å²) in [6.07, 6.45) is 0. The molecular weight excluding hydrogens is 464 g/mol. The first-order valence-corrected chi connectivity index (χ1v) is 12.7. The molecule has 1 aromatic heterocycles.